The number of aryl methyl sites for hydroxylation is 1. The summed E-state index contributed by atoms with van der Waals surface area (Å²) in [5, 5.41) is 7.58. The van der Waals surface area contributed by atoms with Gasteiger partial charge in [0.05, 0.1) is 11.9 Å². The van der Waals surface area contributed by atoms with E-state index >= 15 is 0 Å². The molecule has 2 heterocycles. The minimum atomic E-state index is 0.781. The van der Waals surface area contributed by atoms with Gasteiger partial charge in [-0.25, -0.2) is 0 Å². The number of nitrogens with one attached hydrogen (secondary N) is 1. The highest BCUT2D eigenvalue weighted by Crippen LogP contribution is 2.15. The Labute approximate surface area is 91.3 Å². The lowest BCUT2D eigenvalue weighted by Crippen LogP contribution is -2.35. The molecular weight excluding hydrogens is 188 g/mol. The van der Waals surface area contributed by atoms with Gasteiger partial charge < -0.3 is 10.2 Å². The molecule has 15 heavy (non-hydrogen) atoms. The van der Waals surface area contributed by atoms with Crippen molar-refractivity contribution in [2.24, 2.45) is 13.0 Å². The second-order valence-corrected chi connectivity index (χ2v) is 4.55. The van der Waals surface area contributed by atoms with Gasteiger partial charge in [-0.2, -0.15) is 5.10 Å². The summed E-state index contributed by atoms with van der Waals surface area (Å²) in [6.07, 6.45) is 6.58. The van der Waals surface area contributed by atoms with Gasteiger partial charge in [-0.3, -0.25) is 4.68 Å². The molecule has 4 heteroatoms. The summed E-state index contributed by atoms with van der Waals surface area (Å²) in [6, 6.07) is 0. The predicted octanol–water partition coefficient (Wildman–Crippen LogP) is 1.17. The van der Waals surface area contributed by atoms with Crippen molar-refractivity contribution >= 4 is 5.69 Å². The van der Waals surface area contributed by atoms with Gasteiger partial charge in [0.1, 0.15) is 0 Å². The Kier molecular flexibility index (Phi) is 3.26. The van der Waals surface area contributed by atoms with Gasteiger partial charge in [0.25, 0.3) is 0 Å². The van der Waals surface area contributed by atoms with Gasteiger partial charge >= 0.3 is 0 Å². The molecule has 1 aliphatic heterocycles. The number of hydrogen-bond donors (Lipinski definition) is 1. The fourth-order valence-corrected chi connectivity index (χ4v) is 2.21. The third kappa shape index (κ3) is 2.96. The van der Waals surface area contributed by atoms with E-state index in [9.17, 15) is 0 Å². The van der Waals surface area contributed by atoms with E-state index < -0.39 is 0 Å². The maximum atomic E-state index is 4.14. The highest BCUT2D eigenvalue weighted by molar-refractivity contribution is 5.37. The van der Waals surface area contributed by atoms with Crippen LogP contribution in [-0.4, -0.2) is 41.4 Å². The van der Waals surface area contributed by atoms with Crippen LogP contribution < -0.4 is 5.32 Å². The first kappa shape index (κ1) is 10.5. The number of hydrogen-bond acceptors (Lipinski definition) is 3. The van der Waals surface area contributed by atoms with Crippen LogP contribution >= 0.6 is 0 Å². The van der Waals surface area contributed by atoms with Gasteiger partial charge in [0, 0.05) is 26.3 Å². The highest BCUT2D eigenvalue weighted by Gasteiger charge is 2.16. The molecule has 0 bridgehead atoms. The first-order chi connectivity index (χ1) is 7.24. The van der Waals surface area contributed by atoms with Crippen molar-refractivity contribution in [2.45, 2.75) is 12.8 Å². The summed E-state index contributed by atoms with van der Waals surface area (Å²) in [7, 11) is 4.15. The minimum Gasteiger partial charge on any atom is -0.382 e. The second-order valence-electron chi connectivity index (χ2n) is 4.55. The Morgan fingerprint density at radius 2 is 2.40 bits per heavy atom. The monoisotopic (exact) mass is 208 g/mol. The third-order valence-electron chi connectivity index (χ3n) is 3.02. The van der Waals surface area contributed by atoms with E-state index in [1.165, 1.54) is 25.9 Å². The molecule has 0 amide bonds. The molecule has 1 atom stereocenters. The Morgan fingerprint density at radius 1 is 1.53 bits per heavy atom. The Bertz CT molecular complexity index is 307. The summed E-state index contributed by atoms with van der Waals surface area (Å²) in [4.78, 5) is 2.42. The predicted molar refractivity (Wildman–Crippen MR) is 61.9 cm³/mol. The van der Waals surface area contributed by atoms with E-state index in [1.54, 1.807) is 0 Å². The van der Waals surface area contributed by atoms with Crippen LogP contribution in [0, 0.1) is 5.92 Å². The lowest BCUT2D eigenvalue weighted by atomic mass is 9.98. The average Bonchev–Trinajstić information content (AvgIpc) is 2.62. The zero-order chi connectivity index (χ0) is 10.7. The molecule has 4 nitrogen and oxygen atoms in total. The standard InChI is InChI=1S/C11H20N4/c1-14-5-3-4-10(8-14)6-12-11-7-13-15(2)9-11/h7,9-10,12H,3-6,8H2,1-2H3. The molecule has 0 aromatic carbocycles. The molecule has 1 aromatic rings. The van der Waals surface area contributed by atoms with Crippen molar-refractivity contribution in [1.82, 2.24) is 14.7 Å². The second kappa shape index (κ2) is 4.66. The van der Waals surface area contributed by atoms with Crippen molar-refractivity contribution in [3.63, 3.8) is 0 Å². The van der Waals surface area contributed by atoms with Crippen LogP contribution in [0.3, 0.4) is 0 Å². The fourth-order valence-electron chi connectivity index (χ4n) is 2.21. The largest absolute Gasteiger partial charge is 0.382 e. The van der Waals surface area contributed by atoms with Crippen molar-refractivity contribution < 1.29 is 0 Å². The molecule has 1 unspecified atom stereocenters. The summed E-state index contributed by atoms with van der Waals surface area (Å²) < 4.78 is 1.83. The van der Waals surface area contributed by atoms with Crippen LogP contribution in [0.1, 0.15) is 12.8 Å². The Balaban J connectivity index is 1.77. The molecule has 1 aliphatic rings. The average molecular weight is 208 g/mol. The van der Waals surface area contributed by atoms with E-state index in [-0.39, 0.29) is 0 Å². The summed E-state index contributed by atoms with van der Waals surface area (Å²) in [5.41, 5.74) is 1.13. The molecular formula is C11H20N4. The Morgan fingerprint density at radius 3 is 3.07 bits per heavy atom. The van der Waals surface area contributed by atoms with Crippen molar-refractivity contribution in [3.05, 3.63) is 12.4 Å². The first-order valence-corrected chi connectivity index (χ1v) is 5.65. The molecule has 84 valence electrons. The van der Waals surface area contributed by atoms with E-state index in [0.29, 0.717) is 0 Å². The van der Waals surface area contributed by atoms with Crippen LogP contribution in [0.15, 0.2) is 12.4 Å². The molecule has 0 saturated carbocycles. The first-order valence-electron chi connectivity index (χ1n) is 5.65. The van der Waals surface area contributed by atoms with Gasteiger partial charge in [-0.15, -0.1) is 0 Å². The van der Waals surface area contributed by atoms with Crippen LogP contribution in [0.25, 0.3) is 0 Å². The van der Waals surface area contributed by atoms with E-state index in [0.717, 1.165) is 18.2 Å². The maximum Gasteiger partial charge on any atom is 0.0726 e. The van der Waals surface area contributed by atoms with E-state index in [4.69, 9.17) is 0 Å². The highest BCUT2D eigenvalue weighted by atomic mass is 15.3. The van der Waals surface area contributed by atoms with Gasteiger partial charge in [0.15, 0.2) is 0 Å². The van der Waals surface area contributed by atoms with Gasteiger partial charge in [-0.1, -0.05) is 0 Å². The number of likely N-dealkylation sites (tertiary alicyclic amines) is 1. The van der Waals surface area contributed by atoms with Crippen LogP contribution in [0.2, 0.25) is 0 Å². The van der Waals surface area contributed by atoms with Crippen molar-refractivity contribution in [1.29, 1.82) is 0 Å². The number of nitrogens with zero attached hydrogens (tertiary/aromatic N) is 3. The smallest absolute Gasteiger partial charge is 0.0726 e. The quantitative estimate of drug-likeness (QED) is 0.809. The lowest BCUT2D eigenvalue weighted by molar-refractivity contribution is 0.217. The zero-order valence-electron chi connectivity index (χ0n) is 9.61. The van der Waals surface area contributed by atoms with Crippen LogP contribution in [-0.2, 0) is 7.05 Å². The molecule has 1 fully saturated rings. The number of anilines is 1. The molecule has 0 radical (unpaired) electrons. The third-order valence-corrected chi connectivity index (χ3v) is 3.02. The normalized spacial score (nSPS) is 22.9. The van der Waals surface area contributed by atoms with E-state index in [1.807, 2.05) is 24.1 Å². The van der Waals surface area contributed by atoms with Crippen molar-refractivity contribution in [2.75, 3.05) is 32.0 Å². The minimum absolute atomic E-state index is 0.781. The Hall–Kier alpha value is -1.03. The molecule has 1 N–H and O–H groups in total. The fraction of sp³-hybridized carbons (Fsp3) is 0.727. The molecule has 1 aromatic heterocycles. The SMILES string of the molecule is CN1CCCC(CNc2cnn(C)c2)C1. The topological polar surface area (TPSA) is 33.1 Å². The molecule has 0 spiro atoms. The number of aromatic nitrogens is 2. The summed E-state index contributed by atoms with van der Waals surface area (Å²) in [6.45, 7) is 3.53. The van der Waals surface area contributed by atoms with Crippen molar-refractivity contribution in [3.8, 4) is 0 Å². The van der Waals surface area contributed by atoms with Gasteiger partial charge in [-0.05, 0) is 32.4 Å². The maximum absolute atomic E-state index is 4.14. The van der Waals surface area contributed by atoms with Crippen LogP contribution in [0.4, 0.5) is 5.69 Å². The summed E-state index contributed by atoms with van der Waals surface area (Å²) in [5.74, 6) is 0.781. The summed E-state index contributed by atoms with van der Waals surface area (Å²) >= 11 is 0. The van der Waals surface area contributed by atoms with Crippen LogP contribution in [0.5, 0.6) is 0 Å². The molecule has 2 rings (SSSR count). The lowest BCUT2D eigenvalue weighted by Gasteiger charge is -2.29. The number of piperidine rings is 1. The molecule has 1 saturated heterocycles. The number of rotatable bonds is 3. The van der Waals surface area contributed by atoms with Gasteiger partial charge in [0.2, 0.25) is 0 Å². The zero-order valence-corrected chi connectivity index (χ0v) is 9.61. The van der Waals surface area contributed by atoms with E-state index in [2.05, 4.69) is 22.4 Å². The molecule has 0 aliphatic carbocycles.